The molecule has 1 aromatic heterocycles. The van der Waals surface area contributed by atoms with Crippen molar-refractivity contribution in [3.05, 3.63) is 46.2 Å². The van der Waals surface area contributed by atoms with E-state index in [4.69, 9.17) is 14.3 Å². The van der Waals surface area contributed by atoms with Crippen LogP contribution in [-0.4, -0.2) is 50.4 Å². The number of ether oxygens (including phenoxy) is 2. The first-order valence-electron chi connectivity index (χ1n) is 7.86. The van der Waals surface area contributed by atoms with E-state index in [2.05, 4.69) is 5.16 Å². The summed E-state index contributed by atoms with van der Waals surface area (Å²) in [6.45, 7) is 0.483. The van der Waals surface area contributed by atoms with Gasteiger partial charge in [0.25, 0.3) is 5.91 Å². The molecule has 0 spiro atoms. The zero-order chi connectivity index (χ0) is 17.8. The lowest BCUT2D eigenvalue weighted by atomic mass is 10.0. The van der Waals surface area contributed by atoms with E-state index in [1.54, 1.807) is 26.2 Å². The lowest BCUT2D eigenvalue weighted by molar-refractivity contribution is 0.0485. The third-order valence-electron chi connectivity index (χ3n) is 4.01. The number of rotatable bonds is 6. The molecule has 25 heavy (non-hydrogen) atoms. The Morgan fingerprint density at radius 1 is 1.32 bits per heavy atom. The molecule has 3 rings (SSSR count). The van der Waals surface area contributed by atoms with E-state index >= 15 is 0 Å². The molecular formula is C18H20N2O4S. The molecule has 0 saturated heterocycles. The molecule has 1 aliphatic heterocycles. The predicted octanol–water partition coefficient (Wildman–Crippen LogP) is 3.03. The first kappa shape index (κ1) is 17.3. The fraction of sp³-hybridized carbons (Fsp3) is 0.333. The Bertz CT molecular complexity index is 773. The number of methoxy groups -OCH3 is 2. The van der Waals surface area contributed by atoms with Crippen LogP contribution in [0.15, 0.2) is 40.9 Å². The SMILES string of the molecule is COc1ccc(C2=NO[C@@H](CN(C)C(=O)c3cccs3)C2)cc1OC. The summed E-state index contributed by atoms with van der Waals surface area (Å²) in [5, 5.41) is 6.07. The Hall–Kier alpha value is -2.54. The number of carbonyl (C=O) groups excluding carboxylic acids is 1. The highest BCUT2D eigenvalue weighted by Crippen LogP contribution is 2.29. The molecule has 0 fully saturated rings. The molecule has 132 valence electrons. The van der Waals surface area contributed by atoms with Crippen LogP contribution in [0.2, 0.25) is 0 Å². The van der Waals surface area contributed by atoms with Gasteiger partial charge in [0.2, 0.25) is 0 Å². The maximum absolute atomic E-state index is 12.3. The summed E-state index contributed by atoms with van der Waals surface area (Å²) < 4.78 is 10.6. The van der Waals surface area contributed by atoms with Crippen molar-refractivity contribution >= 4 is 23.0 Å². The molecule has 0 N–H and O–H groups in total. The number of hydrogen-bond donors (Lipinski definition) is 0. The Labute approximate surface area is 150 Å². The molecule has 0 bridgehead atoms. The second-order valence-electron chi connectivity index (χ2n) is 5.70. The van der Waals surface area contributed by atoms with Crippen molar-refractivity contribution in [1.82, 2.24) is 4.90 Å². The molecule has 1 amide bonds. The molecule has 1 aliphatic rings. The van der Waals surface area contributed by atoms with Crippen molar-refractivity contribution in [2.24, 2.45) is 5.16 Å². The van der Waals surface area contributed by atoms with Gasteiger partial charge in [0.05, 0.1) is 31.4 Å². The zero-order valence-electron chi connectivity index (χ0n) is 14.4. The summed E-state index contributed by atoms with van der Waals surface area (Å²) in [6, 6.07) is 9.34. The molecule has 1 aromatic carbocycles. The van der Waals surface area contributed by atoms with Crippen molar-refractivity contribution in [1.29, 1.82) is 0 Å². The molecular weight excluding hydrogens is 340 g/mol. The van der Waals surface area contributed by atoms with E-state index in [-0.39, 0.29) is 12.0 Å². The Morgan fingerprint density at radius 2 is 2.12 bits per heavy atom. The summed E-state index contributed by atoms with van der Waals surface area (Å²) in [7, 11) is 4.98. The summed E-state index contributed by atoms with van der Waals surface area (Å²) in [5.74, 6) is 1.32. The first-order chi connectivity index (χ1) is 12.1. The van der Waals surface area contributed by atoms with Crippen LogP contribution in [-0.2, 0) is 4.84 Å². The zero-order valence-corrected chi connectivity index (χ0v) is 15.2. The normalized spacial score (nSPS) is 16.1. The van der Waals surface area contributed by atoms with Crippen LogP contribution in [0.4, 0.5) is 0 Å². The minimum atomic E-state index is -0.156. The molecule has 0 unspecified atom stereocenters. The van der Waals surface area contributed by atoms with Crippen LogP contribution in [0.1, 0.15) is 21.7 Å². The Morgan fingerprint density at radius 3 is 2.80 bits per heavy atom. The van der Waals surface area contributed by atoms with Gasteiger partial charge < -0.3 is 19.2 Å². The van der Waals surface area contributed by atoms with Crippen molar-refractivity contribution < 1.29 is 19.1 Å². The van der Waals surface area contributed by atoms with Crippen molar-refractivity contribution in [2.75, 3.05) is 27.8 Å². The maximum Gasteiger partial charge on any atom is 0.263 e. The van der Waals surface area contributed by atoms with Crippen LogP contribution in [0.25, 0.3) is 0 Å². The summed E-state index contributed by atoms with van der Waals surface area (Å²) in [6.07, 6.45) is 0.481. The highest BCUT2D eigenvalue weighted by molar-refractivity contribution is 7.12. The van der Waals surface area contributed by atoms with Crippen molar-refractivity contribution in [2.45, 2.75) is 12.5 Å². The van der Waals surface area contributed by atoms with E-state index in [1.165, 1.54) is 11.3 Å². The van der Waals surface area contributed by atoms with Gasteiger partial charge in [-0.05, 0) is 29.6 Å². The van der Waals surface area contributed by atoms with E-state index in [0.717, 1.165) is 16.2 Å². The number of thiophene rings is 1. The molecule has 2 heterocycles. The Balaban J connectivity index is 1.62. The van der Waals surface area contributed by atoms with E-state index < -0.39 is 0 Å². The third kappa shape index (κ3) is 3.76. The molecule has 7 heteroatoms. The smallest absolute Gasteiger partial charge is 0.263 e. The fourth-order valence-electron chi connectivity index (χ4n) is 2.69. The predicted molar refractivity (Wildman–Crippen MR) is 96.9 cm³/mol. The van der Waals surface area contributed by atoms with Gasteiger partial charge >= 0.3 is 0 Å². The number of benzene rings is 1. The van der Waals surface area contributed by atoms with Crippen LogP contribution >= 0.6 is 11.3 Å². The van der Waals surface area contributed by atoms with Gasteiger partial charge in [0.1, 0.15) is 0 Å². The number of carbonyl (C=O) groups is 1. The summed E-state index contributed by atoms with van der Waals surface area (Å²) in [4.78, 5) is 20.2. The van der Waals surface area contributed by atoms with Gasteiger partial charge in [-0.2, -0.15) is 0 Å². The van der Waals surface area contributed by atoms with Gasteiger partial charge in [-0.3, -0.25) is 4.79 Å². The topological polar surface area (TPSA) is 60.4 Å². The van der Waals surface area contributed by atoms with Gasteiger partial charge in [0.15, 0.2) is 17.6 Å². The van der Waals surface area contributed by atoms with E-state index in [0.29, 0.717) is 24.5 Å². The van der Waals surface area contributed by atoms with Crippen LogP contribution in [0, 0.1) is 0 Å². The minimum absolute atomic E-state index is 0.00170. The summed E-state index contributed by atoms with van der Waals surface area (Å²) in [5.41, 5.74) is 1.76. The highest BCUT2D eigenvalue weighted by atomic mass is 32.1. The lowest BCUT2D eigenvalue weighted by Crippen LogP contribution is -2.34. The highest BCUT2D eigenvalue weighted by Gasteiger charge is 2.26. The number of amides is 1. The molecule has 0 saturated carbocycles. The monoisotopic (exact) mass is 360 g/mol. The Kier molecular flexibility index (Phi) is 5.23. The van der Waals surface area contributed by atoms with Gasteiger partial charge in [0, 0.05) is 19.0 Å². The van der Waals surface area contributed by atoms with Gasteiger partial charge in [-0.25, -0.2) is 0 Å². The number of hydrogen-bond acceptors (Lipinski definition) is 6. The van der Waals surface area contributed by atoms with Crippen LogP contribution < -0.4 is 9.47 Å². The van der Waals surface area contributed by atoms with Crippen LogP contribution in [0.3, 0.4) is 0 Å². The van der Waals surface area contributed by atoms with Gasteiger partial charge in [-0.15, -0.1) is 11.3 Å². The molecule has 1 atom stereocenters. The standard InChI is InChI=1S/C18H20N2O4S/c1-20(18(21)17-5-4-8-25-17)11-13-10-14(19-24-13)12-6-7-15(22-2)16(9-12)23-3/h4-9,13H,10-11H2,1-3H3/t13-/m1/s1. The summed E-state index contributed by atoms with van der Waals surface area (Å²) >= 11 is 1.44. The lowest BCUT2D eigenvalue weighted by Gasteiger charge is -2.19. The third-order valence-corrected chi connectivity index (χ3v) is 4.86. The molecule has 0 radical (unpaired) electrons. The molecule has 2 aromatic rings. The van der Waals surface area contributed by atoms with E-state index in [9.17, 15) is 4.79 Å². The number of oxime groups is 1. The van der Waals surface area contributed by atoms with Crippen molar-refractivity contribution in [3.63, 3.8) is 0 Å². The average molecular weight is 360 g/mol. The first-order valence-corrected chi connectivity index (χ1v) is 8.74. The number of nitrogens with zero attached hydrogens (tertiary/aromatic N) is 2. The van der Waals surface area contributed by atoms with Crippen LogP contribution in [0.5, 0.6) is 11.5 Å². The molecule has 6 nitrogen and oxygen atoms in total. The van der Waals surface area contributed by atoms with Crippen molar-refractivity contribution in [3.8, 4) is 11.5 Å². The number of likely N-dealkylation sites (N-methyl/N-ethyl adjacent to an activating group) is 1. The average Bonchev–Trinajstić information content (AvgIpc) is 3.32. The largest absolute Gasteiger partial charge is 0.493 e. The van der Waals surface area contributed by atoms with Gasteiger partial charge in [-0.1, -0.05) is 11.2 Å². The minimum Gasteiger partial charge on any atom is -0.493 e. The molecule has 0 aliphatic carbocycles. The second-order valence-corrected chi connectivity index (χ2v) is 6.65. The maximum atomic E-state index is 12.3. The van der Waals surface area contributed by atoms with E-state index in [1.807, 2.05) is 35.7 Å². The fourth-order valence-corrected chi connectivity index (χ4v) is 3.41. The second kappa shape index (κ2) is 7.57. The quantitative estimate of drug-likeness (QED) is 0.794.